The molecule has 0 spiro atoms. The Kier molecular flexibility index (Phi) is 4.11. The summed E-state index contributed by atoms with van der Waals surface area (Å²) in [6.07, 6.45) is 0.830. The molecule has 0 unspecified atom stereocenters. The van der Waals surface area contributed by atoms with Gasteiger partial charge in [0.1, 0.15) is 17.4 Å². The van der Waals surface area contributed by atoms with Crippen molar-refractivity contribution in [2.24, 2.45) is 0 Å². The fourth-order valence-electron chi connectivity index (χ4n) is 2.65. The summed E-state index contributed by atoms with van der Waals surface area (Å²) < 4.78 is 5.31. The maximum Gasteiger partial charge on any atom is 0.145 e. The number of imidazole rings is 1. The highest BCUT2D eigenvalue weighted by molar-refractivity contribution is 6.23. The summed E-state index contributed by atoms with van der Waals surface area (Å²) in [5.41, 5.74) is 2.23. The third-order valence-corrected chi connectivity index (χ3v) is 3.73. The lowest BCUT2D eigenvalue weighted by Gasteiger charge is -2.18. The Hall–Kier alpha value is -2.34. The van der Waals surface area contributed by atoms with E-state index < -0.39 is 0 Å². The second-order valence-electron chi connectivity index (χ2n) is 5.24. The zero-order valence-electron chi connectivity index (χ0n) is 12.6. The van der Waals surface area contributed by atoms with Crippen molar-refractivity contribution in [3.8, 4) is 0 Å². The molecule has 0 amide bonds. The maximum absolute atomic E-state index is 10.2. The average molecular weight is 300 g/mol. The van der Waals surface area contributed by atoms with Crippen LogP contribution < -0.4 is 0 Å². The summed E-state index contributed by atoms with van der Waals surface area (Å²) in [5.74, 6) is 1.06. The van der Waals surface area contributed by atoms with E-state index in [0.29, 0.717) is 43.5 Å². The molecule has 3 N–H and O–H groups in total. The van der Waals surface area contributed by atoms with Crippen LogP contribution in [0, 0.1) is 5.41 Å². The summed E-state index contributed by atoms with van der Waals surface area (Å²) in [6, 6.07) is 7.69. The lowest BCUT2D eigenvalue weighted by molar-refractivity contribution is 0.139. The molecule has 0 bridgehead atoms. The third-order valence-electron chi connectivity index (χ3n) is 3.73. The van der Waals surface area contributed by atoms with Gasteiger partial charge in [-0.3, -0.25) is 5.41 Å². The smallest absolute Gasteiger partial charge is 0.145 e. The summed E-state index contributed by atoms with van der Waals surface area (Å²) in [6.45, 7) is 4.38. The fraction of sp³-hybridized carbons (Fsp3) is 0.375. The predicted octanol–water partition coefficient (Wildman–Crippen LogP) is 2.55. The molecule has 0 fully saturated rings. The number of ether oxygens (including phenoxy) is 1. The number of para-hydroxylation sites is 2. The maximum atomic E-state index is 10.2. The Morgan fingerprint density at radius 3 is 3.00 bits per heavy atom. The molecule has 0 atom stereocenters. The minimum Gasteiger partial charge on any atom is -0.510 e. The van der Waals surface area contributed by atoms with Gasteiger partial charge in [-0.15, -0.1) is 0 Å². The highest BCUT2D eigenvalue weighted by Gasteiger charge is 2.29. The number of hydrogen-bond donors (Lipinski definition) is 3. The molecule has 0 saturated heterocycles. The van der Waals surface area contributed by atoms with Crippen molar-refractivity contribution in [1.82, 2.24) is 14.9 Å². The number of nitrogens with one attached hydrogen (secondary N) is 2. The van der Waals surface area contributed by atoms with Crippen molar-refractivity contribution in [2.75, 3.05) is 26.3 Å². The first-order chi connectivity index (χ1) is 10.7. The summed E-state index contributed by atoms with van der Waals surface area (Å²) in [4.78, 5) is 9.49. The van der Waals surface area contributed by atoms with Crippen LogP contribution in [0.3, 0.4) is 0 Å². The number of aliphatic hydroxyl groups is 1. The number of rotatable bonds is 6. The van der Waals surface area contributed by atoms with E-state index in [1.54, 1.807) is 0 Å². The van der Waals surface area contributed by atoms with Crippen molar-refractivity contribution in [3.05, 3.63) is 35.8 Å². The topological polar surface area (TPSA) is 85.2 Å². The largest absolute Gasteiger partial charge is 0.510 e. The van der Waals surface area contributed by atoms with Gasteiger partial charge in [-0.2, -0.15) is 0 Å². The average Bonchev–Trinajstić information content (AvgIpc) is 3.04. The molecule has 3 rings (SSSR count). The SMILES string of the molecule is CCOCCCN1CC(O)=C(c2nc3ccccc3[nH]2)C1=N. The first-order valence-electron chi connectivity index (χ1n) is 7.49. The van der Waals surface area contributed by atoms with Gasteiger partial charge < -0.3 is 19.7 Å². The van der Waals surface area contributed by atoms with E-state index in [1.807, 2.05) is 36.1 Å². The molecule has 1 aromatic heterocycles. The quantitative estimate of drug-likeness (QED) is 0.716. The van der Waals surface area contributed by atoms with E-state index >= 15 is 0 Å². The molecule has 0 saturated carbocycles. The van der Waals surface area contributed by atoms with Crippen molar-refractivity contribution in [1.29, 1.82) is 5.41 Å². The van der Waals surface area contributed by atoms with Gasteiger partial charge in [-0.25, -0.2) is 4.98 Å². The van der Waals surface area contributed by atoms with Gasteiger partial charge >= 0.3 is 0 Å². The number of aliphatic hydroxyl groups excluding tert-OH is 1. The molecule has 116 valence electrons. The lowest BCUT2D eigenvalue weighted by Crippen LogP contribution is -2.28. The van der Waals surface area contributed by atoms with Gasteiger partial charge in [0.15, 0.2) is 0 Å². The van der Waals surface area contributed by atoms with Gasteiger partial charge in [0.05, 0.1) is 23.2 Å². The molecular weight excluding hydrogens is 280 g/mol. The van der Waals surface area contributed by atoms with Crippen LogP contribution in [0.2, 0.25) is 0 Å². The van der Waals surface area contributed by atoms with Crippen LogP contribution in [0.25, 0.3) is 16.6 Å². The zero-order valence-corrected chi connectivity index (χ0v) is 12.6. The number of nitrogens with zero attached hydrogens (tertiary/aromatic N) is 2. The van der Waals surface area contributed by atoms with Crippen LogP contribution in [-0.4, -0.2) is 52.1 Å². The minimum absolute atomic E-state index is 0.195. The van der Waals surface area contributed by atoms with Gasteiger partial charge in [-0.05, 0) is 25.5 Å². The second kappa shape index (κ2) is 6.19. The van der Waals surface area contributed by atoms with Crippen LogP contribution in [0.5, 0.6) is 0 Å². The predicted molar refractivity (Wildman–Crippen MR) is 86.1 cm³/mol. The van der Waals surface area contributed by atoms with Crippen molar-refractivity contribution < 1.29 is 9.84 Å². The normalized spacial score (nSPS) is 15.3. The van der Waals surface area contributed by atoms with Crippen molar-refractivity contribution >= 4 is 22.4 Å². The second-order valence-corrected chi connectivity index (χ2v) is 5.24. The fourth-order valence-corrected chi connectivity index (χ4v) is 2.65. The molecule has 2 aromatic rings. The van der Waals surface area contributed by atoms with E-state index in [0.717, 1.165) is 17.5 Å². The van der Waals surface area contributed by atoms with E-state index in [-0.39, 0.29) is 5.76 Å². The molecule has 1 aliphatic heterocycles. The standard InChI is InChI=1S/C16H20N4O2/c1-2-22-9-5-8-20-10-13(21)14(15(20)17)16-18-11-6-3-4-7-12(11)19-16/h3-4,6-7,17,21H,2,5,8-10H2,1H3,(H,18,19). The van der Waals surface area contributed by atoms with Gasteiger partial charge in [0, 0.05) is 19.8 Å². The van der Waals surface area contributed by atoms with Crippen molar-refractivity contribution in [2.45, 2.75) is 13.3 Å². The molecule has 1 aromatic carbocycles. The lowest BCUT2D eigenvalue weighted by atomic mass is 10.2. The Morgan fingerprint density at radius 2 is 2.23 bits per heavy atom. The van der Waals surface area contributed by atoms with E-state index in [4.69, 9.17) is 10.1 Å². The van der Waals surface area contributed by atoms with Crippen molar-refractivity contribution in [3.63, 3.8) is 0 Å². The minimum atomic E-state index is 0.195. The van der Waals surface area contributed by atoms with E-state index in [9.17, 15) is 5.11 Å². The summed E-state index contributed by atoms with van der Waals surface area (Å²) >= 11 is 0. The van der Waals surface area contributed by atoms with Gasteiger partial charge in [0.25, 0.3) is 0 Å². The molecule has 0 aliphatic carbocycles. The van der Waals surface area contributed by atoms with Crippen LogP contribution in [0.4, 0.5) is 0 Å². The molecule has 6 heteroatoms. The summed E-state index contributed by atoms with van der Waals surface area (Å²) in [5, 5.41) is 18.5. The Morgan fingerprint density at radius 1 is 1.41 bits per heavy atom. The molecule has 2 heterocycles. The van der Waals surface area contributed by atoms with Crippen LogP contribution in [0.1, 0.15) is 19.2 Å². The molecule has 0 radical (unpaired) electrons. The molecule has 6 nitrogen and oxygen atoms in total. The van der Waals surface area contributed by atoms with Crippen LogP contribution >= 0.6 is 0 Å². The number of hydrogen-bond acceptors (Lipinski definition) is 4. The molecule has 1 aliphatic rings. The zero-order chi connectivity index (χ0) is 15.5. The highest BCUT2D eigenvalue weighted by atomic mass is 16.5. The summed E-state index contributed by atoms with van der Waals surface area (Å²) in [7, 11) is 0. The third kappa shape index (κ3) is 2.69. The van der Waals surface area contributed by atoms with Crippen LogP contribution in [0.15, 0.2) is 30.0 Å². The Bertz CT molecular complexity index is 687. The van der Waals surface area contributed by atoms with Gasteiger partial charge in [0.2, 0.25) is 0 Å². The highest BCUT2D eigenvalue weighted by Crippen LogP contribution is 2.27. The molecular formula is C16H20N4O2. The number of aromatic amines is 1. The Balaban J connectivity index is 1.76. The Labute approximate surface area is 128 Å². The molecule has 22 heavy (non-hydrogen) atoms. The number of amidine groups is 1. The number of benzene rings is 1. The van der Waals surface area contributed by atoms with Crippen LogP contribution in [-0.2, 0) is 4.74 Å². The first kappa shape index (κ1) is 14.6. The van der Waals surface area contributed by atoms with Gasteiger partial charge in [-0.1, -0.05) is 12.1 Å². The van der Waals surface area contributed by atoms with E-state index in [1.165, 1.54) is 0 Å². The van der Waals surface area contributed by atoms with E-state index in [2.05, 4.69) is 9.97 Å². The first-order valence-corrected chi connectivity index (χ1v) is 7.49. The number of H-pyrrole nitrogens is 1. The monoisotopic (exact) mass is 300 g/mol. The number of aromatic nitrogens is 2. The number of fused-ring (bicyclic) bond motifs is 1.